The Morgan fingerprint density at radius 2 is 1.81 bits per heavy atom. The predicted molar refractivity (Wildman–Crippen MR) is 138 cm³/mol. The van der Waals surface area contributed by atoms with Crippen LogP contribution >= 0.6 is 24.0 Å². The lowest BCUT2D eigenvalue weighted by molar-refractivity contribution is -0.385. The second-order valence-corrected chi connectivity index (χ2v) is 9.23. The summed E-state index contributed by atoms with van der Waals surface area (Å²) in [6, 6.07) is 15.2. The van der Waals surface area contributed by atoms with Gasteiger partial charge in [0.15, 0.2) is 4.32 Å². The Balaban J connectivity index is 1.57. The topological polar surface area (TPSA) is 81.9 Å². The average molecular weight is 547 g/mol. The average Bonchev–Trinajstić information content (AvgIpc) is 3.12. The van der Waals surface area contributed by atoms with Crippen LogP contribution in [0.2, 0.25) is 0 Å². The third-order valence-electron chi connectivity index (χ3n) is 5.07. The van der Waals surface area contributed by atoms with Crippen LogP contribution in [0.1, 0.15) is 18.1 Å². The molecular formula is C25H17F3N2O5S2. The number of carbonyl (C=O) groups excluding carboxylic acids is 1. The number of thiocarbonyl (C=S) groups is 1. The minimum atomic E-state index is -4.74. The highest BCUT2D eigenvalue weighted by Gasteiger charge is 2.34. The Morgan fingerprint density at radius 3 is 2.46 bits per heavy atom. The molecular weight excluding hydrogens is 529 g/mol. The molecule has 0 aliphatic carbocycles. The van der Waals surface area contributed by atoms with E-state index in [1.54, 1.807) is 42.5 Å². The molecule has 0 unspecified atom stereocenters. The molecule has 1 heterocycles. The van der Waals surface area contributed by atoms with E-state index in [9.17, 15) is 28.1 Å². The van der Waals surface area contributed by atoms with Crippen molar-refractivity contribution in [2.75, 3.05) is 11.5 Å². The highest BCUT2D eigenvalue weighted by Crippen LogP contribution is 2.39. The highest BCUT2D eigenvalue weighted by atomic mass is 32.2. The number of benzene rings is 3. The number of ether oxygens (including phenoxy) is 2. The zero-order valence-electron chi connectivity index (χ0n) is 19.0. The van der Waals surface area contributed by atoms with Gasteiger partial charge in [0.1, 0.15) is 11.5 Å². The highest BCUT2D eigenvalue weighted by molar-refractivity contribution is 8.27. The molecule has 3 aromatic rings. The van der Waals surface area contributed by atoms with Crippen molar-refractivity contribution >= 4 is 51.7 Å². The summed E-state index contributed by atoms with van der Waals surface area (Å²) in [6.45, 7) is 2.38. The van der Waals surface area contributed by atoms with E-state index in [2.05, 4.69) is 0 Å². The summed E-state index contributed by atoms with van der Waals surface area (Å²) in [7, 11) is 0. The monoisotopic (exact) mass is 546 g/mol. The van der Waals surface area contributed by atoms with Gasteiger partial charge >= 0.3 is 11.9 Å². The van der Waals surface area contributed by atoms with Crippen LogP contribution in [0.25, 0.3) is 6.08 Å². The molecule has 37 heavy (non-hydrogen) atoms. The van der Waals surface area contributed by atoms with Crippen LogP contribution < -0.4 is 14.4 Å². The van der Waals surface area contributed by atoms with Crippen molar-refractivity contribution in [3.63, 3.8) is 0 Å². The summed E-state index contributed by atoms with van der Waals surface area (Å²) in [4.78, 5) is 25.2. The number of thioether (sulfide) groups is 1. The summed E-state index contributed by atoms with van der Waals surface area (Å²) >= 11 is 6.50. The number of nitrogens with zero attached hydrogens (tertiary/aromatic N) is 2. The Morgan fingerprint density at radius 1 is 1.08 bits per heavy atom. The molecule has 0 atom stereocenters. The van der Waals surface area contributed by atoms with Gasteiger partial charge in [-0.05, 0) is 67.1 Å². The first-order chi connectivity index (χ1) is 17.6. The zero-order chi connectivity index (χ0) is 26.7. The van der Waals surface area contributed by atoms with E-state index in [1.165, 1.54) is 17.0 Å². The Labute approximate surface area is 218 Å². The first-order valence-corrected chi connectivity index (χ1v) is 11.9. The van der Waals surface area contributed by atoms with Gasteiger partial charge in [0.05, 0.1) is 27.7 Å². The second kappa shape index (κ2) is 10.6. The van der Waals surface area contributed by atoms with E-state index in [1.807, 2.05) is 6.92 Å². The van der Waals surface area contributed by atoms with Gasteiger partial charge in [0.2, 0.25) is 5.75 Å². The minimum absolute atomic E-state index is 0.138. The maximum Gasteiger partial charge on any atom is 0.416 e. The Hall–Kier alpha value is -3.90. The number of carbonyl (C=O) groups is 1. The van der Waals surface area contributed by atoms with Crippen molar-refractivity contribution in [3.05, 3.63) is 92.9 Å². The van der Waals surface area contributed by atoms with E-state index in [4.69, 9.17) is 21.7 Å². The summed E-state index contributed by atoms with van der Waals surface area (Å²) in [6.07, 6.45) is -3.15. The lowest BCUT2D eigenvalue weighted by atomic mass is 10.1. The predicted octanol–water partition coefficient (Wildman–Crippen LogP) is 7.21. The van der Waals surface area contributed by atoms with Crippen LogP contribution in [0, 0.1) is 10.1 Å². The summed E-state index contributed by atoms with van der Waals surface area (Å²) < 4.78 is 50.2. The van der Waals surface area contributed by atoms with Gasteiger partial charge in [-0.25, -0.2) is 0 Å². The number of nitro groups is 1. The number of amides is 1. The van der Waals surface area contributed by atoms with Gasteiger partial charge in [-0.15, -0.1) is 0 Å². The first kappa shape index (κ1) is 26.2. The van der Waals surface area contributed by atoms with Crippen LogP contribution in [-0.4, -0.2) is 21.8 Å². The van der Waals surface area contributed by atoms with Gasteiger partial charge in [-0.2, -0.15) is 13.2 Å². The quantitative estimate of drug-likeness (QED) is 0.134. The SMILES string of the molecule is CCOc1ccc(N2C(=O)/C(=C\c3cccc(Oc4ccc(C(F)(F)F)cc4[N+](=O)[O-])c3)SC2=S)cc1. The third kappa shape index (κ3) is 5.92. The largest absolute Gasteiger partial charge is 0.494 e. The minimum Gasteiger partial charge on any atom is -0.494 e. The summed E-state index contributed by atoms with van der Waals surface area (Å²) in [5.41, 5.74) is -0.869. The summed E-state index contributed by atoms with van der Waals surface area (Å²) in [5, 5.41) is 11.3. The Bertz CT molecular complexity index is 1410. The molecule has 0 saturated carbocycles. The van der Waals surface area contributed by atoms with Gasteiger partial charge in [-0.1, -0.05) is 36.1 Å². The van der Waals surface area contributed by atoms with Crippen LogP contribution in [0.5, 0.6) is 17.2 Å². The van der Waals surface area contributed by atoms with Gasteiger partial charge < -0.3 is 9.47 Å². The normalized spacial score (nSPS) is 14.8. The molecule has 1 saturated heterocycles. The van der Waals surface area contributed by atoms with Crippen molar-refractivity contribution in [3.8, 4) is 17.2 Å². The number of hydrogen-bond donors (Lipinski definition) is 0. The van der Waals surface area contributed by atoms with E-state index in [-0.39, 0.29) is 17.4 Å². The molecule has 0 spiro atoms. The molecule has 0 aromatic heterocycles. The van der Waals surface area contributed by atoms with E-state index in [0.29, 0.717) is 45.0 Å². The first-order valence-electron chi connectivity index (χ1n) is 10.7. The van der Waals surface area contributed by atoms with Crippen molar-refractivity contribution in [2.24, 2.45) is 0 Å². The summed E-state index contributed by atoms with van der Waals surface area (Å²) in [5.74, 6) is 0.122. The molecule has 190 valence electrons. The Kier molecular flexibility index (Phi) is 7.50. The van der Waals surface area contributed by atoms with Crippen LogP contribution in [0.3, 0.4) is 0 Å². The molecule has 12 heteroatoms. The number of nitro benzene ring substituents is 1. The van der Waals surface area contributed by atoms with Gasteiger partial charge in [-0.3, -0.25) is 19.8 Å². The van der Waals surface area contributed by atoms with Gasteiger partial charge in [0.25, 0.3) is 5.91 Å². The molecule has 1 fully saturated rings. The van der Waals surface area contributed by atoms with Crippen molar-refractivity contribution in [1.29, 1.82) is 0 Å². The number of rotatable bonds is 7. The lowest BCUT2D eigenvalue weighted by Crippen LogP contribution is -2.27. The lowest BCUT2D eigenvalue weighted by Gasteiger charge is -2.15. The van der Waals surface area contributed by atoms with E-state index < -0.39 is 22.4 Å². The molecule has 1 aliphatic rings. The second-order valence-electron chi connectivity index (χ2n) is 7.56. The maximum absolute atomic E-state index is 13.1. The third-order valence-corrected chi connectivity index (χ3v) is 6.37. The molecule has 3 aromatic carbocycles. The number of alkyl halides is 3. The fraction of sp³-hybridized carbons (Fsp3) is 0.120. The fourth-order valence-corrected chi connectivity index (χ4v) is 4.72. The molecule has 0 bridgehead atoms. The number of anilines is 1. The van der Waals surface area contributed by atoms with E-state index in [0.717, 1.165) is 17.8 Å². The number of hydrogen-bond acceptors (Lipinski definition) is 7. The molecule has 1 aliphatic heterocycles. The standard InChI is InChI=1S/C25H17F3N2O5S2/c1-2-34-18-9-7-17(8-10-18)29-23(31)22(37-24(29)36)13-15-4-3-5-19(12-15)35-21-11-6-16(25(26,27)28)14-20(21)30(32)33/h3-14H,2H2,1H3/b22-13+. The number of halogens is 3. The van der Waals surface area contributed by atoms with E-state index >= 15 is 0 Å². The van der Waals surface area contributed by atoms with Crippen LogP contribution in [-0.2, 0) is 11.0 Å². The smallest absolute Gasteiger partial charge is 0.416 e. The molecule has 4 rings (SSSR count). The zero-order valence-corrected chi connectivity index (χ0v) is 20.7. The molecule has 0 N–H and O–H groups in total. The maximum atomic E-state index is 13.1. The van der Waals surface area contributed by atoms with Gasteiger partial charge in [0, 0.05) is 6.07 Å². The van der Waals surface area contributed by atoms with Crippen LogP contribution in [0.15, 0.2) is 71.6 Å². The molecule has 1 amide bonds. The van der Waals surface area contributed by atoms with Crippen molar-refractivity contribution in [1.82, 2.24) is 0 Å². The molecule has 0 radical (unpaired) electrons. The van der Waals surface area contributed by atoms with Crippen molar-refractivity contribution in [2.45, 2.75) is 13.1 Å². The fourth-order valence-electron chi connectivity index (χ4n) is 3.42. The van der Waals surface area contributed by atoms with Crippen molar-refractivity contribution < 1.29 is 32.4 Å². The van der Waals surface area contributed by atoms with Crippen LogP contribution in [0.4, 0.5) is 24.5 Å². The molecule has 7 nitrogen and oxygen atoms in total.